The summed E-state index contributed by atoms with van der Waals surface area (Å²) in [6.45, 7) is 5.37. The summed E-state index contributed by atoms with van der Waals surface area (Å²) < 4.78 is 11.1. The molecule has 3 atom stereocenters. The van der Waals surface area contributed by atoms with Gasteiger partial charge in [0.2, 0.25) is 0 Å². The zero-order chi connectivity index (χ0) is 15.4. The summed E-state index contributed by atoms with van der Waals surface area (Å²) >= 11 is 0. The zero-order valence-corrected chi connectivity index (χ0v) is 13.1. The van der Waals surface area contributed by atoms with Crippen molar-refractivity contribution in [2.45, 2.75) is 25.8 Å². The zero-order valence-electron chi connectivity index (χ0n) is 13.1. The molecule has 3 unspecified atom stereocenters. The topological polar surface area (TPSA) is 68.9 Å². The molecule has 0 aromatic heterocycles. The van der Waals surface area contributed by atoms with Gasteiger partial charge in [-0.3, -0.25) is 4.99 Å². The fourth-order valence-corrected chi connectivity index (χ4v) is 3.13. The molecule has 2 heterocycles. The lowest BCUT2D eigenvalue weighted by atomic mass is 9.90. The first-order valence-corrected chi connectivity index (χ1v) is 8.10. The van der Waals surface area contributed by atoms with Gasteiger partial charge in [-0.1, -0.05) is 25.1 Å². The van der Waals surface area contributed by atoms with Crippen LogP contribution in [0.25, 0.3) is 0 Å². The van der Waals surface area contributed by atoms with E-state index in [9.17, 15) is 0 Å². The molecule has 1 aromatic carbocycles. The number of para-hydroxylation sites is 1. The summed E-state index contributed by atoms with van der Waals surface area (Å²) in [7, 11) is 0. The average Bonchev–Trinajstić information content (AvgIpc) is 2.54. The van der Waals surface area contributed by atoms with E-state index >= 15 is 0 Å². The standard InChI is InChI=1S/C17H25N3O2/c1-12-11-21-8-6-13(12)10-19-17(18)20-15-7-9-22-16-5-3-2-4-14(15)16/h2-5,12-13,15H,6-11H2,1H3,(H3,18,19,20). The summed E-state index contributed by atoms with van der Waals surface area (Å²) in [5.41, 5.74) is 7.25. The molecule has 0 saturated carbocycles. The van der Waals surface area contributed by atoms with E-state index in [-0.39, 0.29) is 6.04 Å². The molecule has 3 rings (SSSR count). The fourth-order valence-electron chi connectivity index (χ4n) is 3.13. The van der Waals surface area contributed by atoms with Crippen LogP contribution in [0.4, 0.5) is 0 Å². The van der Waals surface area contributed by atoms with Crippen LogP contribution in [0.15, 0.2) is 29.3 Å². The number of nitrogens with two attached hydrogens (primary N) is 1. The van der Waals surface area contributed by atoms with Crippen LogP contribution in [0.1, 0.15) is 31.4 Å². The molecule has 5 nitrogen and oxygen atoms in total. The Labute approximate surface area is 131 Å². The SMILES string of the molecule is CC1COCCC1CN=C(N)NC1CCOc2ccccc21. The van der Waals surface area contributed by atoms with Gasteiger partial charge in [0.1, 0.15) is 5.75 Å². The summed E-state index contributed by atoms with van der Waals surface area (Å²) in [6, 6.07) is 8.28. The van der Waals surface area contributed by atoms with Crippen LogP contribution in [0, 0.1) is 11.8 Å². The minimum Gasteiger partial charge on any atom is -0.493 e. The van der Waals surface area contributed by atoms with Crippen molar-refractivity contribution in [3.05, 3.63) is 29.8 Å². The number of hydrogen-bond acceptors (Lipinski definition) is 3. The van der Waals surface area contributed by atoms with Crippen LogP contribution in [0.2, 0.25) is 0 Å². The molecule has 0 aliphatic carbocycles. The Morgan fingerprint density at radius 2 is 2.18 bits per heavy atom. The van der Waals surface area contributed by atoms with Gasteiger partial charge in [0.25, 0.3) is 0 Å². The number of nitrogens with zero attached hydrogens (tertiary/aromatic N) is 1. The molecular weight excluding hydrogens is 278 g/mol. The molecule has 3 N–H and O–H groups in total. The first kappa shape index (κ1) is 15.2. The molecular formula is C17H25N3O2. The molecule has 2 aliphatic rings. The van der Waals surface area contributed by atoms with E-state index in [1.54, 1.807) is 0 Å². The first-order valence-electron chi connectivity index (χ1n) is 8.10. The Balaban J connectivity index is 1.60. The monoisotopic (exact) mass is 303 g/mol. The second-order valence-electron chi connectivity index (χ2n) is 6.20. The molecule has 0 amide bonds. The predicted octanol–water partition coefficient (Wildman–Crippen LogP) is 2.09. The molecule has 1 aromatic rings. The second-order valence-corrected chi connectivity index (χ2v) is 6.20. The van der Waals surface area contributed by atoms with Crippen molar-refractivity contribution in [3.8, 4) is 5.75 Å². The van der Waals surface area contributed by atoms with E-state index in [1.807, 2.05) is 18.2 Å². The lowest BCUT2D eigenvalue weighted by Crippen LogP contribution is -2.38. The maximum Gasteiger partial charge on any atom is 0.189 e. The van der Waals surface area contributed by atoms with Crippen LogP contribution in [0.3, 0.4) is 0 Å². The van der Waals surface area contributed by atoms with Gasteiger partial charge in [-0.25, -0.2) is 0 Å². The number of hydrogen-bond donors (Lipinski definition) is 2. The highest BCUT2D eigenvalue weighted by Gasteiger charge is 2.23. The second kappa shape index (κ2) is 7.01. The highest BCUT2D eigenvalue weighted by Crippen LogP contribution is 2.31. The molecule has 1 saturated heterocycles. The molecule has 0 bridgehead atoms. The maximum absolute atomic E-state index is 6.09. The average molecular weight is 303 g/mol. The van der Waals surface area contributed by atoms with Gasteiger partial charge in [0, 0.05) is 31.7 Å². The third-order valence-electron chi connectivity index (χ3n) is 4.60. The molecule has 5 heteroatoms. The Kier molecular flexibility index (Phi) is 4.83. The van der Waals surface area contributed by atoms with E-state index < -0.39 is 0 Å². The van der Waals surface area contributed by atoms with Crippen molar-refractivity contribution in [2.75, 3.05) is 26.4 Å². The van der Waals surface area contributed by atoms with Crippen molar-refractivity contribution in [1.29, 1.82) is 0 Å². The number of aliphatic imine (C=N–C) groups is 1. The van der Waals surface area contributed by atoms with Gasteiger partial charge in [0.05, 0.1) is 12.6 Å². The Morgan fingerprint density at radius 3 is 3.05 bits per heavy atom. The van der Waals surface area contributed by atoms with Crippen LogP contribution in [0.5, 0.6) is 5.75 Å². The number of nitrogens with one attached hydrogen (secondary N) is 1. The van der Waals surface area contributed by atoms with E-state index in [4.69, 9.17) is 15.2 Å². The Bertz CT molecular complexity index is 532. The van der Waals surface area contributed by atoms with E-state index in [0.717, 1.165) is 43.9 Å². The minimum atomic E-state index is 0.181. The highest BCUT2D eigenvalue weighted by atomic mass is 16.5. The summed E-state index contributed by atoms with van der Waals surface area (Å²) in [5, 5.41) is 3.35. The van der Waals surface area contributed by atoms with Crippen molar-refractivity contribution >= 4 is 5.96 Å². The van der Waals surface area contributed by atoms with Crippen molar-refractivity contribution in [2.24, 2.45) is 22.6 Å². The Morgan fingerprint density at radius 1 is 1.32 bits per heavy atom. The van der Waals surface area contributed by atoms with Gasteiger partial charge in [-0.05, 0) is 24.3 Å². The third-order valence-corrected chi connectivity index (χ3v) is 4.60. The molecule has 2 aliphatic heterocycles. The molecule has 0 spiro atoms. The maximum atomic E-state index is 6.09. The van der Waals surface area contributed by atoms with Crippen LogP contribution >= 0.6 is 0 Å². The first-order chi connectivity index (χ1) is 10.7. The summed E-state index contributed by atoms with van der Waals surface area (Å²) in [5.74, 6) is 2.59. The van der Waals surface area contributed by atoms with Gasteiger partial charge in [-0.15, -0.1) is 0 Å². The van der Waals surface area contributed by atoms with Crippen LogP contribution in [-0.4, -0.2) is 32.3 Å². The quantitative estimate of drug-likeness (QED) is 0.663. The van der Waals surface area contributed by atoms with Gasteiger partial charge in [0.15, 0.2) is 5.96 Å². The normalized spacial score (nSPS) is 28.6. The molecule has 22 heavy (non-hydrogen) atoms. The number of guanidine groups is 1. The van der Waals surface area contributed by atoms with E-state index in [2.05, 4.69) is 23.3 Å². The van der Waals surface area contributed by atoms with Gasteiger partial charge in [-0.2, -0.15) is 0 Å². The fraction of sp³-hybridized carbons (Fsp3) is 0.588. The number of fused-ring (bicyclic) bond motifs is 1. The number of benzene rings is 1. The van der Waals surface area contributed by atoms with E-state index in [0.29, 0.717) is 24.4 Å². The molecule has 0 radical (unpaired) electrons. The smallest absolute Gasteiger partial charge is 0.189 e. The van der Waals surface area contributed by atoms with Gasteiger partial charge < -0.3 is 20.5 Å². The lowest BCUT2D eigenvalue weighted by molar-refractivity contribution is 0.0273. The van der Waals surface area contributed by atoms with Crippen molar-refractivity contribution < 1.29 is 9.47 Å². The number of rotatable bonds is 3. The van der Waals surface area contributed by atoms with Gasteiger partial charge >= 0.3 is 0 Å². The predicted molar refractivity (Wildman–Crippen MR) is 87.0 cm³/mol. The Hall–Kier alpha value is -1.75. The van der Waals surface area contributed by atoms with Crippen molar-refractivity contribution in [1.82, 2.24) is 5.32 Å². The minimum absolute atomic E-state index is 0.181. The molecule has 120 valence electrons. The summed E-state index contributed by atoms with van der Waals surface area (Å²) in [4.78, 5) is 4.55. The lowest BCUT2D eigenvalue weighted by Gasteiger charge is -2.28. The molecule has 1 fully saturated rings. The largest absolute Gasteiger partial charge is 0.493 e. The van der Waals surface area contributed by atoms with Crippen LogP contribution in [-0.2, 0) is 4.74 Å². The van der Waals surface area contributed by atoms with Crippen molar-refractivity contribution in [3.63, 3.8) is 0 Å². The third kappa shape index (κ3) is 3.53. The highest BCUT2D eigenvalue weighted by molar-refractivity contribution is 5.78. The van der Waals surface area contributed by atoms with Crippen LogP contribution < -0.4 is 15.8 Å². The van der Waals surface area contributed by atoms with E-state index in [1.165, 1.54) is 0 Å². The summed E-state index contributed by atoms with van der Waals surface area (Å²) in [6.07, 6.45) is 1.97. The number of ether oxygens (including phenoxy) is 2.